The SMILES string of the molecule is CC(C)(C)OC(=O)N(C(=O)OC(C)(C)C)c1cnc(CO)c(C(F)(F)F)c1. The number of alkyl halides is 3. The van der Waals surface area contributed by atoms with E-state index >= 15 is 0 Å². The van der Waals surface area contributed by atoms with Crippen molar-refractivity contribution < 1.29 is 37.3 Å². The second kappa shape index (κ2) is 7.71. The third-order valence-corrected chi connectivity index (χ3v) is 2.82. The van der Waals surface area contributed by atoms with Crippen molar-refractivity contribution in [2.24, 2.45) is 0 Å². The molecule has 0 saturated carbocycles. The second-order valence-corrected chi connectivity index (χ2v) is 7.64. The largest absolute Gasteiger partial charge is 0.443 e. The summed E-state index contributed by atoms with van der Waals surface area (Å²) in [7, 11) is 0. The molecule has 0 radical (unpaired) electrons. The molecule has 0 spiro atoms. The fraction of sp³-hybridized carbons (Fsp3) is 0.588. The van der Waals surface area contributed by atoms with E-state index in [-0.39, 0.29) is 0 Å². The van der Waals surface area contributed by atoms with Crippen LogP contribution in [0, 0.1) is 0 Å². The second-order valence-electron chi connectivity index (χ2n) is 7.64. The van der Waals surface area contributed by atoms with Gasteiger partial charge in [-0.05, 0) is 47.6 Å². The first-order valence-corrected chi connectivity index (χ1v) is 7.98. The lowest BCUT2D eigenvalue weighted by molar-refractivity contribution is -0.139. The van der Waals surface area contributed by atoms with Gasteiger partial charge in [0, 0.05) is 0 Å². The van der Waals surface area contributed by atoms with Gasteiger partial charge in [-0.25, -0.2) is 9.59 Å². The van der Waals surface area contributed by atoms with E-state index in [9.17, 15) is 22.8 Å². The number of anilines is 1. The van der Waals surface area contributed by atoms with Crippen molar-refractivity contribution in [1.29, 1.82) is 0 Å². The van der Waals surface area contributed by atoms with Crippen molar-refractivity contribution >= 4 is 17.9 Å². The standard InChI is InChI=1S/C17H23F3N2O5/c1-15(2,3)26-13(24)22(14(25)27-16(4,5)6)10-7-11(17(18,19)20)12(9-23)21-8-10/h7-8,23H,9H2,1-6H3. The van der Waals surface area contributed by atoms with E-state index in [4.69, 9.17) is 14.6 Å². The number of pyridine rings is 1. The first-order chi connectivity index (χ1) is 12.0. The third-order valence-electron chi connectivity index (χ3n) is 2.82. The van der Waals surface area contributed by atoms with Crippen LogP contribution in [0.4, 0.5) is 28.4 Å². The summed E-state index contributed by atoms with van der Waals surface area (Å²) in [6.07, 6.45) is -6.43. The number of amides is 2. The molecule has 0 aliphatic carbocycles. The Hall–Kier alpha value is -2.36. The number of carbonyl (C=O) groups excluding carboxylic acids is 2. The Bertz CT molecular complexity index is 678. The molecule has 1 aromatic heterocycles. The zero-order valence-electron chi connectivity index (χ0n) is 16.0. The lowest BCUT2D eigenvalue weighted by Crippen LogP contribution is -2.44. The van der Waals surface area contributed by atoms with Gasteiger partial charge in [-0.15, -0.1) is 0 Å². The van der Waals surface area contributed by atoms with Crippen molar-refractivity contribution in [1.82, 2.24) is 4.98 Å². The van der Waals surface area contributed by atoms with Crippen LogP contribution in [-0.4, -0.2) is 33.5 Å². The van der Waals surface area contributed by atoms with Crippen LogP contribution >= 0.6 is 0 Å². The highest BCUT2D eigenvalue weighted by atomic mass is 19.4. The fourth-order valence-corrected chi connectivity index (χ4v) is 1.88. The number of halogens is 3. The molecule has 1 N–H and O–H groups in total. The maximum absolute atomic E-state index is 13.2. The minimum absolute atomic E-state index is 0.333. The maximum Gasteiger partial charge on any atom is 0.424 e. The summed E-state index contributed by atoms with van der Waals surface area (Å²) in [5.41, 5.74) is -4.44. The number of aliphatic hydroxyl groups excluding tert-OH is 1. The predicted octanol–water partition coefficient (Wildman–Crippen LogP) is 4.27. The van der Waals surface area contributed by atoms with Gasteiger partial charge in [0.05, 0.1) is 29.7 Å². The maximum atomic E-state index is 13.2. The fourth-order valence-electron chi connectivity index (χ4n) is 1.88. The van der Waals surface area contributed by atoms with Crippen LogP contribution in [0.15, 0.2) is 12.3 Å². The molecule has 0 unspecified atom stereocenters. The summed E-state index contributed by atoms with van der Waals surface area (Å²) in [5.74, 6) is 0. The quantitative estimate of drug-likeness (QED) is 0.809. The van der Waals surface area contributed by atoms with E-state index in [2.05, 4.69) is 4.98 Å². The van der Waals surface area contributed by atoms with Crippen molar-refractivity contribution in [2.75, 3.05) is 4.90 Å². The number of aromatic nitrogens is 1. The Kier molecular flexibility index (Phi) is 6.48. The summed E-state index contributed by atoms with van der Waals surface area (Å²) >= 11 is 0. The number of hydrogen-bond donors (Lipinski definition) is 1. The van der Waals surface area contributed by atoms with Crippen LogP contribution in [-0.2, 0) is 22.3 Å². The molecule has 1 rings (SSSR count). The predicted molar refractivity (Wildman–Crippen MR) is 90.1 cm³/mol. The van der Waals surface area contributed by atoms with E-state index < -0.39 is 53.1 Å². The summed E-state index contributed by atoms with van der Waals surface area (Å²) in [6.45, 7) is 8.24. The molecule has 1 aromatic rings. The van der Waals surface area contributed by atoms with Crippen LogP contribution < -0.4 is 4.90 Å². The highest BCUT2D eigenvalue weighted by Gasteiger charge is 2.38. The average Bonchev–Trinajstić information content (AvgIpc) is 2.42. The summed E-state index contributed by atoms with van der Waals surface area (Å²) in [6, 6.07) is 0.534. The number of ether oxygens (including phenoxy) is 2. The van der Waals surface area contributed by atoms with Crippen molar-refractivity contribution in [3.05, 3.63) is 23.5 Å². The molecule has 1 heterocycles. The van der Waals surface area contributed by atoms with Crippen LogP contribution in [0.2, 0.25) is 0 Å². The molecule has 0 fully saturated rings. The Labute approximate surface area is 155 Å². The van der Waals surface area contributed by atoms with Crippen LogP contribution in [0.25, 0.3) is 0 Å². The molecule has 2 amide bonds. The summed E-state index contributed by atoms with van der Waals surface area (Å²) in [4.78, 5) is 28.7. The first kappa shape index (κ1) is 22.7. The third kappa shape index (κ3) is 6.70. The number of imide groups is 1. The van der Waals surface area contributed by atoms with Gasteiger partial charge in [0.1, 0.15) is 11.2 Å². The normalized spacial score (nSPS) is 12.5. The molecule has 7 nitrogen and oxygen atoms in total. The number of carbonyl (C=O) groups is 2. The molecule has 27 heavy (non-hydrogen) atoms. The molecule has 0 aliphatic rings. The molecule has 0 atom stereocenters. The van der Waals surface area contributed by atoms with E-state index in [1.165, 1.54) is 41.5 Å². The van der Waals surface area contributed by atoms with E-state index in [1.54, 1.807) is 0 Å². The molecular formula is C17H23F3N2O5. The topological polar surface area (TPSA) is 89.0 Å². The van der Waals surface area contributed by atoms with Gasteiger partial charge in [0.25, 0.3) is 0 Å². The van der Waals surface area contributed by atoms with Crippen LogP contribution in [0.5, 0.6) is 0 Å². The molecule has 10 heteroatoms. The number of aliphatic hydroxyl groups is 1. The minimum Gasteiger partial charge on any atom is -0.443 e. The van der Waals surface area contributed by atoms with Gasteiger partial charge < -0.3 is 14.6 Å². The molecule has 0 aromatic carbocycles. The smallest absolute Gasteiger partial charge is 0.424 e. The van der Waals surface area contributed by atoms with Crippen molar-refractivity contribution in [2.45, 2.75) is 65.5 Å². The monoisotopic (exact) mass is 392 g/mol. The van der Waals surface area contributed by atoms with E-state index in [0.29, 0.717) is 11.0 Å². The van der Waals surface area contributed by atoms with Gasteiger partial charge in [-0.3, -0.25) is 4.98 Å². The first-order valence-electron chi connectivity index (χ1n) is 7.98. The number of rotatable bonds is 2. The van der Waals surface area contributed by atoms with Gasteiger partial charge in [0.15, 0.2) is 0 Å². The van der Waals surface area contributed by atoms with Crippen LogP contribution in [0.3, 0.4) is 0 Å². The minimum atomic E-state index is -4.85. The Morgan fingerprint density at radius 2 is 1.48 bits per heavy atom. The molecule has 0 bridgehead atoms. The number of nitrogens with zero attached hydrogens (tertiary/aromatic N) is 2. The van der Waals surface area contributed by atoms with Crippen molar-refractivity contribution in [3.63, 3.8) is 0 Å². The van der Waals surface area contributed by atoms with Gasteiger partial charge in [-0.2, -0.15) is 18.1 Å². The Morgan fingerprint density at radius 1 is 1.04 bits per heavy atom. The summed E-state index contributed by atoms with van der Waals surface area (Å²) < 4.78 is 49.9. The summed E-state index contributed by atoms with van der Waals surface area (Å²) in [5, 5.41) is 9.08. The van der Waals surface area contributed by atoms with E-state index in [1.807, 2.05) is 0 Å². The lowest BCUT2D eigenvalue weighted by Gasteiger charge is -2.28. The van der Waals surface area contributed by atoms with Crippen LogP contribution in [0.1, 0.15) is 52.8 Å². The molecular weight excluding hydrogens is 369 g/mol. The Morgan fingerprint density at radius 3 is 1.81 bits per heavy atom. The lowest BCUT2D eigenvalue weighted by atomic mass is 10.1. The Balaban J connectivity index is 3.46. The van der Waals surface area contributed by atoms with Gasteiger partial charge in [0.2, 0.25) is 0 Å². The van der Waals surface area contributed by atoms with E-state index in [0.717, 1.165) is 6.20 Å². The number of hydrogen-bond acceptors (Lipinski definition) is 6. The average molecular weight is 392 g/mol. The highest BCUT2D eigenvalue weighted by Crippen LogP contribution is 2.34. The zero-order valence-corrected chi connectivity index (χ0v) is 16.0. The highest BCUT2D eigenvalue weighted by molar-refractivity contribution is 6.09. The molecule has 152 valence electrons. The van der Waals surface area contributed by atoms with Gasteiger partial charge >= 0.3 is 18.4 Å². The van der Waals surface area contributed by atoms with Gasteiger partial charge in [-0.1, -0.05) is 0 Å². The van der Waals surface area contributed by atoms with Crippen molar-refractivity contribution in [3.8, 4) is 0 Å². The zero-order chi connectivity index (χ0) is 21.2. The molecule has 0 saturated heterocycles. The molecule has 0 aliphatic heterocycles.